The van der Waals surface area contributed by atoms with Gasteiger partial charge in [0.1, 0.15) is 5.78 Å². The predicted octanol–water partition coefficient (Wildman–Crippen LogP) is 3.01. The second-order valence-electron chi connectivity index (χ2n) is 4.34. The average molecular weight is 302 g/mol. The zero-order valence-electron chi connectivity index (χ0n) is 9.17. The Hall–Kier alpha value is -0.190. The molecule has 0 atom stereocenters. The molecule has 16 heavy (non-hydrogen) atoms. The number of halogens is 1. The number of rotatable bonds is 4. The maximum atomic E-state index is 11.9. The van der Waals surface area contributed by atoms with Crippen molar-refractivity contribution in [3.8, 4) is 0 Å². The maximum Gasteiger partial charge on any atom is 0.138 e. The second-order valence-corrected chi connectivity index (χ2v) is 6.26. The zero-order valence-corrected chi connectivity index (χ0v) is 11.6. The number of thiophene rings is 1. The fourth-order valence-corrected chi connectivity index (χ4v) is 3.60. The summed E-state index contributed by atoms with van der Waals surface area (Å²) < 4.78 is 1.09. The van der Waals surface area contributed by atoms with Crippen LogP contribution in [0.15, 0.2) is 15.9 Å². The number of hydrogen-bond donors (Lipinski definition) is 1. The monoisotopic (exact) mass is 301 g/mol. The lowest BCUT2D eigenvalue weighted by Gasteiger charge is -2.21. The van der Waals surface area contributed by atoms with Gasteiger partial charge in [-0.15, -0.1) is 11.3 Å². The Labute approximate surface area is 109 Å². The number of nitrogens with one attached hydrogen (secondary N) is 1. The van der Waals surface area contributed by atoms with Crippen molar-refractivity contribution in [3.05, 3.63) is 20.8 Å². The van der Waals surface area contributed by atoms with Gasteiger partial charge in [0.15, 0.2) is 0 Å². The highest BCUT2D eigenvalue weighted by molar-refractivity contribution is 9.10. The highest BCUT2D eigenvalue weighted by Crippen LogP contribution is 2.22. The Morgan fingerprint density at radius 1 is 1.50 bits per heavy atom. The Kier molecular flexibility index (Phi) is 4.55. The van der Waals surface area contributed by atoms with E-state index in [4.69, 9.17) is 0 Å². The molecule has 0 spiro atoms. The summed E-state index contributed by atoms with van der Waals surface area (Å²) in [5.41, 5.74) is 0. The van der Waals surface area contributed by atoms with Crippen molar-refractivity contribution in [1.29, 1.82) is 0 Å². The van der Waals surface area contributed by atoms with Crippen molar-refractivity contribution >= 4 is 33.0 Å². The lowest BCUT2D eigenvalue weighted by atomic mass is 9.92. The van der Waals surface area contributed by atoms with Crippen molar-refractivity contribution in [2.75, 3.05) is 13.1 Å². The van der Waals surface area contributed by atoms with Crippen LogP contribution in [0.25, 0.3) is 0 Å². The Morgan fingerprint density at radius 3 is 2.88 bits per heavy atom. The third-order valence-electron chi connectivity index (χ3n) is 2.97. The highest BCUT2D eigenvalue weighted by atomic mass is 79.9. The topological polar surface area (TPSA) is 29.1 Å². The van der Waals surface area contributed by atoms with Crippen molar-refractivity contribution < 1.29 is 4.79 Å². The molecule has 1 N–H and O–H groups in total. The van der Waals surface area contributed by atoms with E-state index in [1.54, 1.807) is 11.3 Å². The van der Waals surface area contributed by atoms with E-state index in [2.05, 4.69) is 21.2 Å². The molecule has 0 aromatic carbocycles. The molecule has 1 aromatic rings. The summed E-state index contributed by atoms with van der Waals surface area (Å²) >= 11 is 5.07. The summed E-state index contributed by atoms with van der Waals surface area (Å²) in [5.74, 6) is 0.999. The van der Waals surface area contributed by atoms with E-state index >= 15 is 0 Å². The van der Waals surface area contributed by atoms with Gasteiger partial charge < -0.3 is 5.32 Å². The average Bonchev–Trinajstić information content (AvgIpc) is 2.65. The van der Waals surface area contributed by atoms with Crippen molar-refractivity contribution in [2.24, 2.45) is 5.92 Å². The molecule has 0 unspecified atom stereocenters. The van der Waals surface area contributed by atoms with Crippen LogP contribution in [0.1, 0.15) is 24.1 Å². The molecule has 0 radical (unpaired) electrons. The fraction of sp³-hybridized carbons (Fsp3) is 0.583. The van der Waals surface area contributed by atoms with Crippen LogP contribution in [-0.4, -0.2) is 18.9 Å². The minimum Gasteiger partial charge on any atom is -0.317 e. The molecule has 2 nitrogen and oxygen atoms in total. The smallest absolute Gasteiger partial charge is 0.138 e. The van der Waals surface area contributed by atoms with E-state index < -0.39 is 0 Å². The Morgan fingerprint density at radius 2 is 2.25 bits per heavy atom. The Bertz CT molecular complexity index is 358. The largest absolute Gasteiger partial charge is 0.317 e. The van der Waals surface area contributed by atoms with Gasteiger partial charge in [-0.25, -0.2) is 0 Å². The van der Waals surface area contributed by atoms with Gasteiger partial charge >= 0.3 is 0 Å². The molecule has 1 fully saturated rings. The summed E-state index contributed by atoms with van der Waals surface area (Å²) in [5, 5.41) is 5.36. The van der Waals surface area contributed by atoms with Crippen LogP contribution in [0.5, 0.6) is 0 Å². The van der Waals surface area contributed by atoms with Gasteiger partial charge in [0.25, 0.3) is 0 Å². The molecule has 1 aliphatic rings. The molecule has 0 amide bonds. The number of Topliss-reactive ketones (excluding diaryl/α,β-unsaturated/α-hetero) is 1. The number of piperidine rings is 1. The van der Waals surface area contributed by atoms with Gasteiger partial charge in [0, 0.05) is 27.6 Å². The first-order valence-corrected chi connectivity index (χ1v) is 7.36. The molecule has 1 aromatic heterocycles. The summed E-state index contributed by atoms with van der Waals surface area (Å²) in [6.45, 7) is 2.14. The van der Waals surface area contributed by atoms with Gasteiger partial charge in [-0.3, -0.25) is 4.79 Å². The number of ketones is 1. The minimum atomic E-state index is 0.390. The first-order valence-electron chi connectivity index (χ1n) is 5.69. The van der Waals surface area contributed by atoms with Crippen molar-refractivity contribution in [3.63, 3.8) is 0 Å². The molecule has 4 heteroatoms. The Balaban J connectivity index is 1.79. The third-order valence-corrected chi connectivity index (χ3v) is 4.67. The van der Waals surface area contributed by atoms with E-state index in [0.717, 1.165) is 36.8 Å². The van der Waals surface area contributed by atoms with Crippen LogP contribution < -0.4 is 5.32 Å². The van der Waals surface area contributed by atoms with Crippen LogP contribution in [0.3, 0.4) is 0 Å². The molecule has 88 valence electrons. The summed E-state index contributed by atoms with van der Waals surface area (Å²) in [7, 11) is 0. The third kappa shape index (κ3) is 3.68. The van der Waals surface area contributed by atoms with Crippen LogP contribution >= 0.6 is 27.3 Å². The van der Waals surface area contributed by atoms with Crippen LogP contribution in [-0.2, 0) is 11.2 Å². The molecule has 0 bridgehead atoms. The number of carbonyl (C=O) groups excluding carboxylic acids is 1. The second kappa shape index (κ2) is 5.94. The lowest BCUT2D eigenvalue weighted by molar-refractivity contribution is -0.119. The molecule has 1 aliphatic heterocycles. The molecule has 1 saturated heterocycles. The summed E-state index contributed by atoms with van der Waals surface area (Å²) in [6, 6.07) is 2.05. The highest BCUT2D eigenvalue weighted by Gasteiger charge is 2.17. The van der Waals surface area contributed by atoms with Crippen molar-refractivity contribution in [1.82, 2.24) is 5.32 Å². The van der Waals surface area contributed by atoms with Crippen LogP contribution in [0.2, 0.25) is 0 Å². The van der Waals surface area contributed by atoms with Gasteiger partial charge in [-0.1, -0.05) is 0 Å². The molecule has 2 rings (SSSR count). The first kappa shape index (κ1) is 12.3. The maximum absolute atomic E-state index is 11.9. The minimum absolute atomic E-state index is 0.390. The van der Waals surface area contributed by atoms with Gasteiger partial charge in [0.05, 0.1) is 0 Å². The molecule has 0 aliphatic carbocycles. The predicted molar refractivity (Wildman–Crippen MR) is 70.9 cm³/mol. The molecular formula is C12H16BrNOS. The number of hydrogen-bond acceptors (Lipinski definition) is 3. The fourth-order valence-electron chi connectivity index (χ4n) is 2.12. The van der Waals surface area contributed by atoms with E-state index in [1.807, 2.05) is 11.4 Å². The quantitative estimate of drug-likeness (QED) is 0.926. The van der Waals surface area contributed by atoms with Crippen LogP contribution in [0.4, 0.5) is 0 Å². The standard InChI is InChI=1S/C12H16BrNOS/c13-10-6-12(16-8-10)7-11(15)5-9-1-3-14-4-2-9/h6,8-9,14H,1-5,7H2. The number of carbonyl (C=O) groups is 1. The van der Waals surface area contributed by atoms with Gasteiger partial charge in [-0.2, -0.15) is 0 Å². The van der Waals surface area contributed by atoms with E-state index in [9.17, 15) is 4.79 Å². The zero-order chi connectivity index (χ0) is 11.4. The molecule has 0 saturated carbocycles. The summed E-state index contributed by atoms with van der Waals surface area (Å²) in [6.07, 6.45) is 3.68. The first-order chi connectivity index (χ1) is 7.74. The molecular weight excluding hydrogens is 286 g/mol. The van der Waals surface area contributed by atoms with Gasteiger partial charge in [-0.05, 0) is 53.8 Å². The van der Waals surface area contributed by atoms with E-state index in [-0.39, 0.29) is 0 Å². The van der Waals surface area contributed by atoms with Gasteiger partial charge in [0.2, 0.25) is 0 Å². The molecule has 2 heterocycles. The summed E-state index contributed by atoms with van der Waals surface area (Å²) in [4.78, 5) is 13.0. The SMILES string of the molecule is O=C(Cc1cc(Br)cs1)CC1CCNCC1. The van der Waals surface area contributed by atoms with E-state index in [0.29, 0.717) is 18.1 Å². The van der Waals surface area contributed by atoms with Crippen LogP contribution in [0, 0.1) is 5.92 Å². The normalized spacial score (nSPS) is 17.6. The van der Waals surface area contributed by atoms with E-state index in [1.165, 1.54) is 4.88 Å². The van der Waals surface area contributed by atoms with Crippen molar-refractivity contribution in [2.45, 2.75) is 25.7 Å². The lowest BCUT2D eigenvalue weighted by Crippen LogP contribution is -2.29.